The van der Waals surface area contributed by atoms with Gasteiger partial charge in [-0.2, -0.15) is 14.3 Å². The third-order valence-corrected chi connectivity index (χ3v) is 4.71. The van der Waals surface area contributed by atoms with Crippen LogP contribution in [0.1, 0.15) is 18.5 Å². The van der Waals surface area contributed by atoms with Crippen molar-refractivity contribution >= 4 is 51.7 Å². The standard InChI is InChI=1S/C15H19N7S.ClH/c1-9-7-12(23-22-9)19-15-20-13-11(4-6-17-13)14(21-15)18-10-3-2-5-16-8-10;/h4,6-7,10,16H,2-3,5,8H2,1H3,(H3,17,18,19,20,21);1H/t10-;/m1./s1. The summed E-state index contributed by atoms with van der Waals surface area (Å²) >= 11 is 1.41. The van der Waals surface area contributed by atoms with Crippen LogP contribution in [0.3, 0.4) is 0 Å². The van der Waals surface area contributed by atoms with Crippen LogP contribution in [-0.2, 0) is 0 Å². The van der Waals surface area contributed by atoms with E-state index < -0.39 is 0 Å². The number of aromatic amines is 1. The van der Waals surface area contributed by atoms with Crippen molar-refractivity contribution in [2.45, 2.75) is 25.8 Å². The number of halogens is 1. The maximum Gasteiger partial charge on any atom is 0.231 e. The second kappa shape index (κ2) is 7.33. The van der Waals surface area contributed by atoms with Gasteiger partial charge in [-0.25, -0.2) is 0 Å². The Bertz CT molecular complexity index is 809. The molecule has 0 unspecified atom stereocenters. The average molecular weight is 366 g/mol. The van der Waals surface area contributed by atoms with Crippen LogP contribution in [0.4, 0.5) is 16.8 Å². The molecule has 1 aliphatic rings. The predicted octanol–water partition coefficient (Wildman–Crippen LogP) is 3.05. The average Bonchev–Trinajstić information content (AvgIpc) is 3.17. The normalized spacial score (nSPS) is 17.5. The van der Waals surface area contributed by atoms with E-state index in [0.29, 0.717) is 12.0 Å². The van der Waals surface area contributed by atoms with Gasteiger partial charge < -0.3 is 20.9 Å². The minimum absolute atomic E-state index is 0. The highest BCUT2D eigenvalue weighted by Crippen LogP contribution is 2.25. The van der Waals surface area contributed by atoms with Crippen LogP contribution < -0.4 is 16.0 Å². The molecule has 4 N–H and O–H groups in total. The molecule has 0 saturated carbocycles. The summed E-state index contributed by atoms with van der Waals surface area (Å²) in [6.07, 6.45) is 4.23. The summed E-state index contributed by atoms with van der Waals surface area (Å²) in [7, 11) is 0. The number of fused-ring (bicyclic) bond motifs is 1. The summed E-state index contributed by atoms with van der Waals surface area (Å²) in [5.41, 5.74) is 1.82. The van der Waals surface area contributed by atoms with Crippen LogP contribution in [0.15, 0.2) is 18.3 Å². The molecule has 0 aliphatic carbocycles. The molecule has 1 atom stereocenters. The Labute approximate surface area is 150 Å². The van der Waals surface area contributed by atoms with Crippen LogP contribution >= 0.6 is 23.9 Å². The van der Waals surface area contributed by atoms with Crippen molar-refractivity contribution in [1.29, 1.82) is 0 Å². The van der Waals surface area contributed by atoms with Gasteiger partial charge in [0.1, 0.15) is 16.5 Å². The molecule has 4 heterocycles. The van der Waals surface area contributed by atoms with Gasteiger partial charge in [0.05, 0.1) is 11.1 Å². The Balaban J connectivity index is 0.00000169. The highest BCUT2D eigenvalue weighted by atomic mass is 35.5. The molecule has 128 valence electrons. The quantitative estimate of drug-likeness (QED) is 0.568. The zero-order chi connectivity index (χ0) is 15.6. The summed E-state index contributed by atoms with van der Waals surface area (Å²) in [6, 6.07) is 4.40. The van der Waals surface area contributed by atoms with E-state index in [0.717, 1.165) is 47.1 Å². The highest BCUT2D eigenvalue weighted by Gasteiger charge is 2.16. The first kappa shape index (κ1) is 16.9. The number of hydrogen-bond acceptors (Lipinski definition) is 7. The Kier molecular flexibility index (Phi) is 5.17. The van der Waals surface area contributed by atoms with Gasteiger partial charge in [-0.05, 0) is 50.0 Å². The third-order valence-electron chi connectivity index (χ3n) is 3.92. The van der Waals surface area contributed by atoms with Gasteiger partial charge in [0.2, 0.25) is 5.95 Å². The molecule has 7 nitrogen and oxygen atoms in total. The van der Waals surface area contributed by atoms with Crippen LogP contribution in [0.5, 0.6) is 0 Å². The summed E-state index contributed by atoms with van der Waals surface area (Å²) in [4.78, 5) is 12.4. The van der Waals surface area contributed by atoms with Gasteiger partial charge in [-0.1, -0.05) is 0 Å². The lowest BCUT2D eigenvalue weighted by molar-refractivity contribution is 0.479. The number of piperidine rings is 1. The first-order chi connectivity index (χ1) is 11.3. The summed E-state index contributed by atoms with van der Waals surface area (Å²) < 4.78 is 4.27. The van der Waals surface area contributed by atoms with E-state index in [9.17, 15) is 0 Å². The van der Waals surface area contributed by atoms with Gasteiger partial charge in [0.25, 0.3) is 0 Å². The molecule has 24 heavy (non-hydrogen) atoms. The Morgan fingerprint density at radius 2 is 2.25 bits per heavy atom. The Morgan fingerprint density at radius 3 is 3.00 bits per heavy atom. The van der Waals surface area contributed by atoms with Crippen molar-refractivity contribution in [3.63, 3.8) is 0 Å². The number of aryl methyl sites for hydroxylation is 1. The molecule has 0 spiro atoms. The van der Waals surface area contributed by atoms with E-state index in [1.165, 1.54) is 18.0 Å². The number of anilines is 3. The molecule has 4 rings (SSSR count). The SMILES string of the molecule is Cc1cc(Nc2nc(N[C@@H]3CCCNC3)c3cc[nH]c3n2)sn1.Cl. The second-order valence-corrected chi connectivity index (χ2v) is 6.59. The number of nitrogens with one attached hydrogen (secondary N) is 4. The monoisotopic (exact) mass is 365 g/mol. The minimum Gasteiger partial charge on any atom is -0.365 e. The first-order valence-electron chi connectivity index (χ1n) is 7.81. The molecule has 0 amide bonds. The van der Waals surface area contributed by atoms with Crippen LogP contribution in [-0.4, -0.2) is 38.5 Å². The summed E-state index contributed by atoms with van der Waals surface area (Å²) in [5, 5.41) is 12.2. The van der Waals surface area contributed by atoms with E-state index in [4.69, 9.17) is 0 Å². The van der Waals surface area contributed by atoms with Crippen LogP contribution in [0, 0.1) is 6.92 Å². The van der Waals surface area contributed by atoms with Crippen molar-refractivity contribution in [1.82, 2.24) is 24.6 Å². The fourth-order valence-corrected chi connectivity index (χ4v) is 3.46. The molecule has 3 aromatic rings. The van der Waals surface area contributed by atoms with E-state index >= 15 is 0 Å². The van der Waals surface area contributed by atoms with Crippen molar-refractivity contribution in [3.05, 3.63) is 24.0 Å². The van der Waals surface area contributed by atoms with Crippen molar-refractivity contribution in [3.8, 4) is 0 Å². The third kappa shape index (κ3) is 3.61. The number of H-pyrrole nitrogens is 1. The van der Waals surface area contributed by atoms with Crippen LogP contribution in [0.25, 0.3) is 11.0 Å². The molecule has 1 fully saturated rings. The van der Waals surface area contributed by atoms with Crippen molar-refractivity contribution in [2.24, 2.45) is 0 Å². The van der Waals surface area contributed by atoms with Gasteiger partial charge >= 0.3 is 0 Å². The number of aromatic nitrogens is 4. The van der Waals surface area contributed by atoms with Gasteiger partial charge in [0.15, 0.2) is 0 Å². The maximum absolute atomic E-state index is 4.67. The number of rotatable bonds is 4. The zero-order valence-electron chi connectivity index (χ0n) is 13.3. The molecule has 3 aromatic heterocycles. The first-order valence-corrected chi connectivity index (χ1v) is 8.58. The van der Waals surface area contributed by atoms with Gasteiger partial charge in [0, 0.05) is 18.8 Å². The second-order valence-electron chi connectivity index (χ2n) is 5.78. The molecule has 9 heteroatoms. The fourth-order valence-electron chi connectivity index (χ4n) is 2.81. The lowest BCUT2D eigenvalue weighted by Crippen LogP contribution is -2.38. The van der Waals surface area contributed by atoms with E-state index in [1.807, 2.05) is 25.3 Å². The molecule has 1 saturated heterocycles. The fraction of sp³-hybridized carbons (Fsp3) is 0.400. The minimum atomic E-state index is 0. The summed E-state index contributed by atoms with van der Waals surface area (Å²) in [6.45, 7) is 4.03. The largest absolute Gasteiger partial charge is 0.365 e. The van der Waals surface area contributed by atoms with E-state index in [-0.39, 0.29) is 12.4 Å². The number of hydrogen-bond donors (Lipinski definition) is 4. The van der Waals surface area contributed by atoms with Gasteiger partial charge in [-0.3, -0.25) is 0 Å². The van der Waals surface area contributed by atoms with E-state index in [1.54, 1.807) is 0 Å². The lowest BCUT2D eigenvalue weighted by atomic mass is 10.1. The van der Waals surface area contributed by atoms with Crippen molar-refractivity contribution < 1.29 is 0 Å². The summed E-state index contributed by atoms with van der Waals surface area (Å²) in [5.74, 6) is 1.45. The molecule has 0 bridgehead atoms. The van der Waals surface area contributed by atoms with Gasteiger partial charge in [-0.15, -0.1) is 12.4 Å². The molecular weight excluding hydrogens is 346 g/mol. The smallest absolute Gasteiger partial charge is 0.231 e. The number of nitrogens with zero attached hydrogens (tertiary/aromatic N) is 3. The molecular formula is C15H20ClN7S. The Hall–Kier alpha value is -1.90. The maximum atomic E-state index is 4.67. The van der Waals surface area contributed by atoms with Crippen LogP contribution in [0.2, 0.25) is 0 Å². The molecule has 0 aromatic carbocycles. The zero-order valence-corrected chi connectivity index (χ0v) is 14.9. The Morgan fingerprint density at radius 1 is 1.33 bits per heavy atom. The molecule has 1 aliphatic heterocycles. The van der Waals surface area contributed by atoms with Crippen molar-refractivity contribution in [2.75, 3.05) is 23.7 Å². The lowest BCUT2D eigenvalue weighted by Gasteiger charge is -2.24. The topological polar surface area (TPSA) is 90.6 Å². The molecule has 0 radical (unpaired) electrons. The highest BCUT2D eigenvalue weighted by molar-refractivity contribution is 7.10. The predicted molar refractivity (Wildman–Crippen MR) is 101 cm³/mol. The van der Waals surface area contributed by atoms with E-state index in [2.05, 4.69) is 35.3 Å².